The topological polar surface area (TPSA) is 26.8 Å². The molecule has 2 aliphatic heterocycles. The SMILES string of the molecule is CN1CCC(CN2CC3(CCC(c4cccs4)(N(C)C)CC3)CC2=O)CC1. The summed E-state index contributed by atoms with van der Waals surface area (Å²) in [4.78, 5) is 21.4. The smallest absolute Gasteiger partial charge is 0.223 e. The number of hydrogen-bond acceptors (Lipinski definition) is 4. The lowest BCUT2D eigenvalue weighted by Crippen LogP contribution is -2.47. The minimum absolute atomic E-state index is 0.170. The average Bonchev–Trinajstić information content (AvgIpc) is 3.27. The van der Waals surface area contributed by atoms with E-state index in [4.69, 9.17) is 0 Å². The van der Waals surface area contributed by atoms with Gasteiger partial charge in [-0.2, -0.15) is 0 Å². The van der Waals surface area contributed by atoms with Crippen molar-refractivity contribution in [1.82, 2.24) is 14.7 Å². The van der Waals surface area contributed by atoms with Gasteiger partial charge in [-0.25, -0.2) is 0 Å². The van der Waals surface area contributed by atoms with Gasteiger partial charge in [0, 0.05) is 24.4 Å². The number of nitrogens with zero attached hydrogens (tertiary/aromatic N) is 3. The molecule has 0 bridgehead atoms. The molecule has 1 aromatic heterocycles. The van der Waals surface area contributed by atoms with Crippen LogP contribution >= 0.6 is 11.3 Å². The van der Waals surface area contributed by atoms with Crippen molar-refractivity contribution in [2.45, 2.75) is 50.5 Å². The van der Waals surface area contributed by atoms with Gasteiger partial charge in [-0.15, -0.1) is 11.3 Å². The van der Waals surface area contributed by atoms with Crippen molar-refractivity contribution in [2.24, 2.45) is 11.3 Å². The maximum absolute atomic E-state index is 12.8. The fourth-order valence-electron chi connectivity index (χ4n) is 5.69. The summed E-state index contributed by atoms with van der Waals surface area (Å²) in [6, 6.07) is 4.48. The van der Waals surface area contributed by atoms with Gasteiger partial charge in [0.15, 0.2) is 0 Å². The Labute approximate surface area is 168 Å². The van der Waals surface area contributed by atoms with E-state index in [1.165, 1.54) is 56.5 Å². The Morgan fingerprint density at radius 1 is 1.19 bits per heavy atom. The van der Waals surface area contributed by atoms with Crippen molar-refractivity contribution in [2.75, 3.05) is 47.3 Å². The molecule has 3 heterocycles. The van der Waals surface area contributed by atoms with E-state index in [1.54, 1.807) is 0 Å². The van der Waals surface area contributed by atoms with Crippen LogP contribution in [0.25, 0.3) is 0 Å². The molecule has 1 aromatic rings. The van der Waals surface area contributed by atoms with Gasteiger partial charge in [0.2, 0.25) is 5.91 Å². The van der Waals surface area contributed by atoms with E-state index in [-0.39, 0.29) is 11.0 Å². The largest absolute Gasteiger partial charge is 0.342 e. The van der Waals surface area contributed by atoms with E-state index >= 15 is 0 Å². The van der Waals surface area contributed by atoms with Gasteiger partial charge in [0.25, 0.3) is 0 Å². The summed E-state index contributed by atoms with van der Waals surface area (Å²) in [6.07, 6.45) is 7.99. The summed E-state index contributed by atoms with van der Waals surface area (Å²) < 4.78 is 0. The monoisotopic (exact) mass is 389 g/mol. The Morgan fingerprint density at radius 2 is 1.89 bits per heavy atom. The number of piperidine rings is 1. The maximum Gasteiger partial charge on any atom is 0.223 e. The first-order valence-electron chi connectivity index (χ1n) is 10.6. The van der Waals surface area contributed by atoms with Crippen LogP contribution in [0.4, 0.5) is 0 Å². The molecule has 1 spiro atoms. The highest BCUT2D eigenvalue weighted by Crippen LogP contribution is 2.53. The van der Waals surface area contributed by atoms with E-state index in [0.29, 0.717) is 11.8 Å². The third kappa shape index (κ3) is 3.70. The predicted molar refractivity (Wildman–Crippen MR) is 112 cm³/mol. The van der Waals surface area contributed by atoms with Crippen LogP contribution in [0.5, 0.6) is 0 Å². The van der Waals surface area contributed by atoms with E-state index < -0.39 is 0 Å². The summed E-state index contributed by atoms with van der Waals surface area (Å²) in [5.41, 5.74) is 0.406. The van der Waals surface area contributed by atoms with Crippen molar-refractivity contribution in [3.63, 3.8) is 0 Å². The van der Waals surface area contributed by atoms with Gasteiger partial charge in [-0.1, -0.05) is 6.07 Å². The number of rotatable bonds is 4. The second-order valence-electron chi connectivity index (χ2n) is 9.60. The first-order valence-corrected chi connectivity index (χ1v) is 11.5. The molecular formula is C22H35N3OS. The van der Waals surface area contributed by atoms with Gasteiger partial charge >= 0.3 is 0 Å². The fourth-order valence-corrected chi connectivity index (χ4v) is 6.76. The molecule has 3 fully saturated rings. The van der Waals surface area contributed by atoms with Crippen LogP contribution in [0.15, 0.2) is 17.5 Å². The average molecular weight is 390 g/mol. The molecule has 27 heavy (non-hydrogen) atoms. The fraction of sp³-hybridized carbons (Fsp3) is 0.773. The highest BCUT2D eigenvalue weighted by atomic mass is 32.1. The first kappa shape index (κ1) is 19.4. The molecule has 0 N–H and O–H groups in total. The van der Waals surface area contributed by atoms with Crippen molar-refractivity contribution in [3.8, 4) is 0 Å². The zero-order chi connectivity index (χ0) is 19.1. The summed E-state index contributed by atoms with van der Waals surface area (Å²) >= 11 is 1.89. The van der Waals surface area contributed by atoms with Gasteiger partial charge in [0.05, 0.1) is 5.54 Å². The lowest BCUT2D eigenvalue weighted by molar-refractivity contribution is -0.128. The van der Waals surface area contributed by atoms with Crippen LogP contribution in [0.2, 0.25) is 0 Å². The molecule has 0 radical (unpaired) electrons. The summed E-state index contributed by atoms with van der Waals surface area (Å²) in [7, 11) is 6.66. The molecule has 1 amide bonds. The molecule has 0 atom stereocenters. The Bertz CT molecular complexity index is 641. The zero-order valence-corrected chi connectivity index (χ0v) is 18.1. The second-order valence-corrected chi connectivity index (χ2v) is 10.5. The quantitative estimate of drug-likeness (QED) is 0.787. The lowest BCUT2D eigenvalue weighted by Gasteiger charge is -2.48. The van der Waals surface area contributed by atoms with Gasteiger partial charge in [-0.05, 0) is 95.5 Å². The van der Waals surface area contributed by atoms with Crippen molar-refractivity contribution < 1.29 is 4.79 Å². The molecule has 2 saturated heterocycles. The van der Waals surface area contributed by atoms with Crippen LogP contribution in [0.3, 0.4) is 0 Å². The van der Waals surface area contributed by atoms with E-state index in [0.717, 1.165) is 19.5 Å². The molecule has 5 heteroatoms. The van der Waals surface area contributed by atoms with E-state index in [1.807, 2.05) is 11.3 Å². The lowest BCUT2D eigenvalue weighted by atomic mass is 9.66. The molecule has 4 rings (SSSR count). The molecule has 0 unspecified atom stereocenters. The van der Waals surface area contributed by atoms with E-state index in [9.17, 15) is 4.79 Å². The third-order valence-corrected chi connectivity index (χ3v) is 8.76. The molecule has 1 aliphatic carbocycles. The molecule has 150 valence electrons. The highest BCUT2D eigenvalue weighted by Gasteiger charge is 2.50. The number of carbonyl (C=O) groups excluding carboxylic acids is 1. The van der Waals surface area contributed by atoms with Gasteiger partial charge < -0.3 is 9.80 Å². The van der Waals surface area contributed by atoms with Crippen LogP contribution < -0.4 is 0 Å². The number of likely N-dealkylation sites (tertiary alicyclic amines) is 2. The predicted octanol–water partition coefficient (Wildman–Crippen LogP) is 3.64. The van der Waals surface area contributed by atoms with Crippen molar-refractivity contribution in [1.29, 1.82) is 0 Å². The third-order valence-electron chi connectivity index (χ3n) is 7.70. The number of carbonyl (C=O) groups is 1. The standard InChI is InChI=1S/C22H35N3OS/c1-23(2)22(19-5-4-14-27-19)10-8-21(9-11-22)15-20(26)25(17-21)16-18-6-12-24(3)13-7-18/h4-5,14,18H,6-13,15-17H2,1-3H3. The number of thiophene rings is 1. The minimum Gasteiger partial charge on any atom is -0.342 e. The van der Waals surface area contributed by atoms with Crippen LogP contribution in [0.1, 0.15) is 49.8 Å². The second kappa shape index (κ2) is 7.49. The Kier molecular flexibility index (Phi) is 5.38. The Hall–Kier alpha value is -0.910. The van der Waals surface area contributed by atoms with Crippen molar-refractivity contribution >= 4 is 17.2 Å². The Morgan fingerprint density at radius 3 is 2.48 bits per heavy atom. The summed E-state index contributed by atoms with van der Waals surface area (Å²) in [5.74, 6) is 1.12. The maximum atomic E-state index is 12.8. The first-order chi connectivity index (χ1) is 12.9. The van der Waals surface area contributed by atoms with Crippen LogP contribution in [-0.4, -0.2) is 67.9 Å². The molecule has 0 aromatic carbocycles. The highest BCUT2D eigenvalue weighted by molar-refractivity contribution is 7.10. The molecule has 1 saturated carbocycles. The Balaban J connectivity index is 1.40. The van der Waals surface area contributed by atoms with Crippen LogP contribution in [-0.2, 0) is 10.3 Å². The molecular weight excluding hydrogens is 354 g/mol. The van der Waals surface area contributed by atoms with Crippen molar-refractivity contribution in [3.05, 3.63) is 22.4 Å². The normalized spacial score (nSPS) is 33.5. The van der Waals surface area contributed by atoms with Gasteiger partial charge in [-0.3, -0.25) is 9.69 Å². The number of hydrogen-bond donors (Lipinski definition) is 0. The zero-order valence-electron chi connectivity index (χ0n) is 17.2. The summed E-state index contributed by atoms with van der Waals surface area (Å²) in [5, 5.41) is 2.20. The van der Waals surface area contributed by atoms with Crippen LogP contribution in [0, 0.1) is 11.3 Å². The van der Waals surface area contributed by atoms with Gasteiger partial charge in [0.1, 0.15) is 0 Å². The number of amides is 1. The van der Waals surface area contributed by atoms with E-state index in [2.05, 4.69) is 53.4 Å². The molecule has 3 aliphatic rings. The minimum atomic E-state index is 0.170. The summed E-state index contributed by atoms with van der Waals surface area (Å²) in [6.45, 7) is 4.37. The molecule has 4 nitrogen and oxygen atoms in total.